The van der Waals surface area contributed by atoms with Gasteiger partial charge in [0.25, 0.3) is 5.56 Å². The molecule has 1 aromatic carbocycles. The fourth-order valence-corrected chi connectivity index (χ4v) is 3.99. The van der Waals surface area contributed by atoms with E-state index >= 15 is 0 Å². The highest BCUT2D eigenvalue weighted by Crippen LogP contribution is 2.24. The number of aromatic nitrogens is 5. The Balaban J connectivity index is 1.88. The first-order valence-corrected chi connectivity index (χ1v) is 10.4. The molecule has 0 aliphatic carbocycles. The van der Waals surface area contributed by atoms with Gasteiger partial charge < -0.3 is 19.4 Å². The quantitative estimate of drug-likeness (QED) is 0.638. The number of hydrogen-bond acceptors (Lipinski definition) is 6. The lowest BCUT2D eigenvalue weighted by atomic mass is 10.0. The van der Waals surface area contributed by atoms with Gasteiger partial charge in [0.15, 0.2) is 6.04 Å². The molecule has 0 spiro atoms. The van der Waals surface area contributed by atoms with Gasteiger partial charge in [-0.3, -0.25) is 4.79 Å². The molecule has 1 aliphatic rings. The lowest BCUT2D eigenvalue weighted by Gasteiger charge is -2.32. The smallest absolute Gasteiger partial charge is 0.258 e. The highest BCUT2D eigenvalue weighted by atomic mass is 16.5. The van der Waals surface area contributed by atoms with Crippen LogP contribution in [-0.4, -0.2) is 58.1 Å². The topological polar surface area (TPSA) is 99.4 Å². The number of rotatable bonds is 5. The molecular formula is C21H29N6O3+. The molecule has 1 atom stereocenters. The van der Waals surface area contributed by atoms with E-state index in [1.807, 2.05) is 35.9 Å². The molecule has 1 saturated heterocycles. The van der Waals surface area contributed by atoms with Crippen LogP contribution in [0.15, 0.2) is 29.1 Å². The van der Waals surface area contributed by atoms with E-state index < -0.39 is 0 Å². The summed E-state index contributed by atoms with van der Waals surface area (Å²) in [6, 6.07) is 7.35. The molecule has 2 N–H and O–H groups in total. The molecule has 0 amide bonds. The third-order valence-corrected chi connectivity index (χ3v) is 5.40. The molecule has 160 valence electrons. The lowest BCUT2D eigenvalue weighted by molar-refractivity contribution is -0.934. The summed E-state index contributed by atoms with van der Waals surface area (Å²) in [6.45, 7) is 11.5. The Morgan fingerprint density at radius 1 is 1.27 bits per heavy atom. The Kier molecular flexibility index (Phi) is 5.57. The van der Waals surface area contributed by atoms with E-state index in [4.69, 9.17) is 9.47 Å². The first-order valence-electron chi connectivity index (χ1n) is 10.4. The number of nitrogens with zero attached hydrogens (tertiary/aromatic N) is 4. The zero-order valence-corrected chi connectivity index (χ0v) is 17.9. The van der Waals surface area contributed by atoms with Crippen molar-refractivity contribution in [2.24, 2.45) is 0 Å². The Bertz CT molecular complexity index is 1080. The van der Waals surface area contributed by atoms with Crippen LogP contribution in [0.5, 0.6) is 5.75 Å². The number of ether oxygens (including phenoxy) is 2. The van der Waals surface area contributed by atoms with Crippen molar-refractivity contribution in [3.8, 4) is 5.75 Å². The normalized spacial score (nSPS) is 16.7. The minimum atomic E-state index is -0.311. The molecular weight excluding hydrogens is 384 g/mol. The van der Waals surface area contributed by atoms with Crippen molar-refractivity contribution in [2.75, 3.05) is 32.9 Å². The highest BCUT2D eigenvalue weighted by Gasteiger charge is 2.37. The molecule has 0 radical (unpaired) electrons. The summed E-state index contributed by atoms with van der Waals surface area (Å²) >= 11 is 0. The molecule has 2 aromatic heterocycles. The van der Waals surface area contributed by atoms with Crippen LogP contribution in [0, 0.1) is 0 Å². The second-order valence-corrected chi connectivity index (χ2v) is 8.56. The van der Waals surface area contributed by atoms with Crippen LogP contribution in [0.25, 0.3) is 10.9 Å². The van der Waals surface area contributed by atoms with E-state index in [1.165, 1.54) is 4.90 Å². The van der Waals surface area contributed by atoms with Crippen LogP contribution in [0.4, 0.5) is 0 Å². The van der Waals surface area contributed by atoms with Crippen molar-refractivity contribution in [1.29, 1.82) is 0 Å². The van der Waals surface area contributed by atoms with Gasteiger partial charge in [-0.05, 0) is 62.4 Å². The van der Waals surface area contributed by atoms with E-state index in [0.717, 1.165) is 29.7 Å². The Labute approximate surface area is 175 Å². The Morgan fingerprint density at radius 3 is 2.73 bits per heavy atom. The minimum Gasteiger partial charge on any atom is -0.494 e. The fraction of sp³-hybridized carbons (Fsp3) is 0.524. The summed E-state index contributed by atoms with van der Waals surface area (Å²) in [6.07, 6.45) is 0. The molecule has 3 aromatic rings. The maximum Gasteiger partial charge on any atom is 0.258 e. The highest BCUT2D eigenvalue weighted by molar-refractivity contribution is 5.80. The summed E-state index contributed by atoms with van der Waals surface area (Å²) < 4.78 is 13.0. The number of aromatic amines is 1. The second-order valence-electron chi connectivity index (χ2n) is 8.56. The maximum absolute atomic E-state index is 13.2. The third-order valence-electron chi connectivity index (χ3n) is 5.40. The first kappa shape index (κ1) is 20.5. The van der Waals surface area contributed by atoms with Crippen molar-refractivity contribution >= 4 is 10.9 Å². The lowest BCUT2D eigenvalue weighted by Crippen LogP contribution is -3.14. The predicted molar refractivity (Wildman–Crippen MR) is 112 cm³/mol. The maximum atomic E-state index is 13.2. The van der Waals surface area contributed by atoms with Crippen LogP contribution >= 0.6 is 0 Å². The number of fused-ring (bicyclic) bond motifs is 1. The first-order chi connectivity index (χ1) is 14.4. The van der Waals surface area contributed by atoms with Gasteiger partial charge in [0, 0.05) is 10.9 Å². The molecule has 9 nitrogen and oxygen atoms in total. The average molecular weight is 414 g/mol. The van der Waals surface area contributed by atoms with Crippen molar-refractivity contribution in [3.63, 3.8) is 0 Å². The molecule has 3 heterocycles. The van der Waals surface area contributed by atoms with Crippen molar-refractivity contribution < 1.29 is 14.4 Å². The van der Waals surface area contributed by atoms with Crippen LogP contribution in [0.2, 0.25) is 0 Å². The van der Waals surface area contributed by atoms with Crippen LogP contribution in [-0.2, 0) is 10.3 Å². The zero-order chi connectivity index (χ0) is 21.3. The molecule has 9 heteroatoms. The summed E-state index contributed by atoms with van der Waals surface area (Å²) in [7, 11) is 0. The summed E-state index contributed by atoms with van der Waals surface area (Å²) in [5.74, 6) is 1.46. The molecule has 0 bridgehead atoms. The fourth-order valence-electron chi connectivity index (χ4n) is 3.99. The summed E-state index contributed by atoms with van der Waals surface area (Å²) in [5.41, 5.74) is 0.986. The molecule has 30 heavy (non-hydrogen) atoms. The minimum absolute atomic E-state index is 0.126. The van der Waals surface area contributed by atoms with Gasteiger partial charge in [-0.2, -0.15) is 0 Å². The van der Waals surface area contributed by atoms with Gasteiger partial charge in [-0.15, -0.1) is 5.10 Å². The van der Waals surface area contributed by atoms with E-state index in [-0.39, 0.29) is 17.1 Å². The van der Waals surface area contributed by atoms with Crippen molar-refractivity contribution in [3.05, 3.63) is 46.0 Å². The van der Waals surface area contributed by atoms with Gasteiger partial charge in [-0.25, -0.2) is 4.68 Å². The molecule has 1 fully saturated rings. The van der Waals surface area contributed by atoms with Crippen LogP contribution in [0.3, 0.4) is 0 Å². The van der Waals surface area contributed by atoms with E-state index in [9.17, 15) is 4.79 Å². The number of morpholine rings is 1. The number of pyridine rings is 1. The number of hydrogen-bond donors (Lipinski definition) is 2. The van der Waals surface area contributed by atoms with E-state index in [0.29, 0.717) is 31.2 Å². The number of H-pyrrole nitrogens is 1. The monoisotopic (exact) mass is 413 g/mol. The SMILES string of the molecule is CCOc1ccc2[nH]c(=O)c([C@H](c3nnnn3C(C)(C)C)[NH+]3CCOCC3)cc2c1. The van der Waals surface area contributed by atoms with Gasteiger partial charge in [-0.1, -0.05) is 0 Å². The average Bonchev–Trinajstić information content (AvgIpc) is 3.20. The largest absolute Gasteiger partial charge is 0.494 e. The van der Waals surface area contributed by atoms with E-state index in [1.54, 1.807) is 0 Å². The molecule has 1 aliphatic heterocycles. The summed E-state index contributed by atoms with van der Waals surface area (Å²) in [5, 5.41) is 13.5. The van der Waals surface area contributed by atoms with Gasteiger partial charge in [0.05, 0.1) is 30.9 Å². The standard InChI is InChI=1S/C21H28N6O3/c1-5-30-15-6-7-17-14(12-15)13-16(20(28)22-17)18(26-8-10-29-11-9-26)19-23-24-25-27(19)21(2,3)4/h6-7,12-13,18H,5,8-11H2,1-4H3,(H,22,28)/p+1/t18-/m1/s1. The molecule has 4 rings (SSSR count). The summed E-state index contributed by atoms with van der Waals surface area (Å²) in [4.78, 5) is 17.4. The van der Waals surface area contributed by atoms with Crippen molar-refractivity contribution in [2.45, 2.75) is 39.3 Å². The van der Waals surface area contributed by atoms with E-state index in [2.05, 4.69) is 41.3 Å². The zero-order valence-electron chi connectivity index (χ0n) is 17.9. The molecule has 0 unspecified atom stereocenters. The number of benzene rings is 1. The molecule has 0 saturated carbocycles. The van der Waals surface area contributed by atoms with Gasteiger partial charge in [0.2, 0.25) is 5.82 Å². The number of tetrazole rings is 1. The van der Waals surface area contributed by atoms with Gasteiger partial charge in [0.1, 0.15) is 18.8 Å². The Morgan fingerprint density at radius 2 is 2.03 bits per heavy atom. The Hall–Kier alpha value is -2.78. The second kappa shape index (κ2) is 8.16. The number of quaternary nitrogens is 1. The van der Waals surface area contributed by atoms with Crippen molar-refractivity contribution in [1.82, 2.24) is 25.2 Å². The number of nitrogens with one attached hydrogen (secondary N) is 2. The third kappa shape index (κ3) is 3.95. The van der Waals surface area contributed by atoms with Crippen LogP contribution < -0.4 is 15.2 Å². The predicted octanol–water partition coefficient (Wildman–Crippen LogP) is 0.673. The van der Waals surface area contributed by atoms with Crippen LogP contribution in [0.1, 0.15) is 45.1 Å². The van der Waals surface area contributed by atoms with Gasteiger partial charge >= 0.3 is 0 Å².